The van der Waals surface area contributed by atoms with Crippen LogP contribution in [-0.2, 0) is 4.79 Å². The number of rotatable bonds is 1. The van der Waals surface area contributed by atoms with Gasteiger partial charge in [0.25, 0.3) is 0 Å². The molecule has 186 valence electrons. The van der Waals surface area contributed by atoms with Gasteiger partial charge in [-0.25, -0.2) is 0 Å². The van der Waals surface area contributed by atoms with Crippen molar-refractivity contribution in [1.82, 2.24) is 0 Å². The number of carboxylic acid groups (broad SMARTS) is 1. The first-order valence-corrected chi connectivity index (χ1v) is 13.9. The number of aliphatic hydroxyl groups excluding tert-OH is 1. The molecule has 0 heterocycles. The van der Waals surface area contributed by atoms with Gasteiger partial charge in [-0.1, -0.05) is 60.1 Å². The molecule has 0 radical (unpaired) electrons. The molecule has 0 aromatic carbocycles. The van der Waals surface area contributed by atoms with Crippen LogP contribution in [0.1, 0.15) is 106 Å². The average Bonchev–Trinajstić information content (AvgIpc) is 2.74. The van der Waals surface area contributed by atoms with Gasteiger partial charge in [-0.05, 0) is 109 Å². The Morgan fingerprint density at radius 3 is 2.27 bits per heavy atom. The summed E-state index contributed by atoms with van der Waals surface area (Å²) in [6, 6.07) is 0. The van der Waals surface area contributed by atoms with Crippen molar-refractivity contribution in [3.05, 3.63) is 11.6 Å². The SMILES string of the molecule is C[C@H]1[C@H](C)CC[C@@]2(C(=O)O)CC[C@@]3(C)C(=CC[C@@H]4[C@@]5(C)CC[C@H](O)C(C)(C)[C@H]5CC[C@@]43C)[C@H]12. The fourth-order valence-corrected chi connectivity index (χ4v) is 10.8. The quantitative estimate of drug-likeness (QED) is 0.414. The van der Waals surface area contributed by atoms with E-state index >= 15 is 0 Å². The monoisotopic (exact) mass is 456 g/mol. The summed E-state index contributed by atoms with van der Waals surface area (Å²) in [6.45, 7) is 17.0. The highest BCUT2D eigenvalue weighted by Gasteiger charge is 2.69. The fraction of sp³-hybridized carbons (Fsp3) is 0.900. The van der Waals surface area contributed by atoms with Crippen LogP contribution in [0.15, 0.2) is 11.6 Å². The summed E-state index contributed by atoms with van der Waals surface area (Å²) in [4.78, 5) is 12.8. The smallest absolute Gasteiger partial charge is 0.310 e. The summed E-state index contributed by atoms with van der Waals surface area (Å²) in [5.74, 6) is 1.82. The summed E-state index contributed by atoms with van der Waals surface area (Å²) >= 11 is 0. The third-order valence-electron chi connectivity index (χ3n) is 13.4. The molecule has 4 saturated carbocycles. The Hall–Kier alpha value is -0.830. The van der Waals surface area contributed by atoms with Crippen molar-refractivity contribution < 1.29 is 15.0 Å². The predicted molar refractivity (Wildman–Crippen MR) is 133 cm³/mol. The molecule has 33 heavy (non-hydrogen) atoms. The summed E-state index contributed by atoms with van der Waals surface area (Å²) in [5.41, 5.74) is 1.46. The van der Waals surface area contributed by atoms with Gasteiger partial charge >= 0.3 is 5.97 Å². The van der Waals surface area contributed by atoms with E-state index in [1.165, 1.54) is 18.4 Å². The van der Waals surface area contributed by atoms with E-state index in [0.29, 0.717) is 23.7 Å². The topological polar surface area (TPSA) is 57.5 Å². The molecule has 2 N–H and O–H groups in total. The van der Waals surface area contributed by atoms with E-state index in [9.17, 15) is 15.0 Å². The second kappa shape index (κ2) is 7.11. The third kappa shape index (κ3) is 2.75. The minimum atomic E-state index is -0.557. The number of hydrogen-bond acceptors (Lipinski definition) is 2. The van der Waals surface area contributed by atoms with Gasteiger partial charge in [0.2, 0.25) is 0 Å². The van der Waals surface area contributed by atoms with E-state index < -0.39 is 11.4 Å². The average molecular weight is 457 g/mol. The minimum Gasteiger partial charge on any atom is -0.481 e. The molecule has 4 fully saturated rings. The van der Waals surface area contributed by atoms with E-state index in [-0.39, 0.29) is 33.7 Å². The fourth-order valence-electron chi connectivity index (χ4n) is 10.8. The first kappa shape index (κ1) is 23.9. The first-order valence-electron chi connectivity index (χ1n) is 13.9. The number of aliphatic carboxylic acids is 1. The van der Waals surface area contributed by atoms with Gasteiger partial charge in [0.15, 0.2) is 0 Å². The van der Waals surface area contributed by atoms with Crippen LogP contribution in [-0.4, -0.2) is 22.3 Å². The van der Waals surface area contributed by atoms with Crippen molar-refractivity contribution in [2.24, 2.45) is 56.7 Å². The zero-order valence-corrected chi connectivity index (χ0v) is 22.2. The van der Waals surface area contributed by atoms with Gasteiger partial charge in [0.1, 0.15) is 0 Å². The van der Waals surface area contributed by atoms with E-state index in [1.807, 2.05) is 0 Å². The maximum atomic E-state index is 12.8. The van der Waals surface area contributed by atoms with Crippen LogP contribution < -0.4 is 0 Å². The Morgan fingerprint density at radius 2 is 1.61 bits per heavy atom. The van der Waals surface area contributed by atoms with Gasteiger partial charge in [-0.15, -0.1) is 0 Å². The van der Waals surface area contributed by atoms with Crippen LogP contribution in [0.25, 0.3) is 0 Å². The molecular weight excluding hydrogens is 408 g/mol. The van der Waals surface area contributed by atoms with Gasteiger partial charge in [0, 0.05) is 0 Å². The molecule has 5 rings (SSSR count). The van der Waals surface area contributed by atoms with E-state index in [1.54, 1.807) is 0 Å². The highest BCUT2D eigenvalue weighted by molar-refractivity contribution is 5.76. The molecule has 0 unspecified atom stereocenters. The van der Waals surface area contributed by atoms with Crippen molar-refractivity contribution in [2.45, 2.75) is 112 Å². The molecule has 0 aromatic rings. The van der Waals surface area contributed by atoms with Crippen LogP contribution in [0.5, 0.6) is 0 Å². The lowest BCUT2D eigenvalue weighted by Gasteiger charge is -2.71. The van der Waals surface area contributed by atoms with E-state index in [4.69, 9.17) is 0 Å². The lowest BCUT2D eigenvalue weighted by Crippen LogP contribution is -2.65. The molecule has 0 aromatic heterocycles. The zero-order valence-electron chi connectivity index (χ0n) is 22.2. The summed E-state index contributed by atoms with van der Waals surface area (Å²) in [7, 11) is 0. The van der Waals surface area contributed by atoms with Crippen molar-refractivity contribution in [1.29, 1.82) is 0 Å². The van der Waals surface area contributed by atoms with Crippen molar-refractivity contribution in [3.63, 3.8) is 0 Å². The second-order valence-corrected chi connectivity index (χ2v) is 14.5. The summed E-state index contributed by atoms with van der Waals surface area (Å²) < 4.78 is 0. The first-order chi connectivity index (χ1) is 15.3. The highest BCUT2D eigenvalue weighted by atomic mass is 16.4. The number of fused-ring (bicyclic) bond motifs is 7. The molecule has 10 atom stereocenters. The normalized spacial score (nSPS) is 55.3. The van der Waals surface area contributed by atoms with E-state index in [2.05, 4.69) is 54.5 Å². The van der Waals surface area contributed by atoms with Crippen LogP contribution in [0, 0.1) is 56.7 Å². The van der Waals surface area contributed by atoms with Gasteiger partial charge in [0.05, 0.1) is 11.5 Å². The lowest BCUT2D eigenvalue weighted by molar-refractivity contribution is -0.206. The third-order valence-corrected chi connectivity index (χ3v) is 13.4. The summed E-state index contributed by atoms with van der Waals surface area (Å²) in [6.07, 6.45) is 11.6. The Labute approximate surface area is 201 Å². The minimum absolute atomic E-state index is 0.0302. The van der Waals surface area contributed by atoms with Crippen LogP contribution in [0.4, 0.5) is 0 Å². The second-order valence-electron chi connectivity index (χ2n) is 14.5. The lowest BCUT2D eigenvalue weighted by atomic mass is 9.33. The molecule has 5 aliphatic rings. The number of carbonyl (C=O) groups is 1. The maximum absolute atomic E-state index is 12.8. The summed E-state index contributed by atoms with van der Waals surface area (Å²) in [5, 5.41) is 21.4. The molecule has 3 heteroatoms. The van der Waals surface area contributed by atoms with Gasteiger partial charge < -0.3 is 10.2 Å². The van der Waals surface area contributed by atoms with Crippen LogP contribution in [0.3, 0.4) is 0 Å². The highest BCUT2D eigenvalue weighted by Crippen LogP contribution is 2.75. The van der Waals surface area contributed by atoms with Crippen molar-refractivity contribution in [3.8, 4) is 0 Å². The Bertz CT molecular complexity index is 874. The standard InChI is InChI=1S/C30H48O3/c1-18-10-15-30(25(32)33)17-16-28(6)20(24(30)19(18)2)8-9-22-27(5)13-12-23(31)26(3,4)21(27)11-14-29(22,28)7/h8,18-19,21-24,31H,9-17H2,1-7H3,(H,32,33)/t18-,19+,21-,22-,23+,24+,27+,28+,29+,30-/m1/s1. The largest absolute Gasteiger partial charge is 0.481 e. The zero-order chi connectivity index (χ0) is 24.2. The molecule has 0 bridgehead atoms. The molecule has 0 saturated heterocycles. The number of aliphatic hydroxyl groups is 1. The molecular formula is C30H48O3. The molecule has 5 aliphatic carbocycles. The number of allylic oxidation sites excluding steroid dienone is 2. The van der Waals surface area contributed by atoms with Crippen LogP contribution in [0.2, 0.25) is 0 Å². The van der Waals surface area contributed by atoms with Crippen LogP contribution >= 0.6 is 0 Å². The maximum Gasteiger partial charge on any atom is 0.310 e. The number of carboxylic acids is 1. The Morgan fingerprint density at radius 1 is 0.909 bits per heavy atom. The number of hydrogen-bond donors (Lipinski definition) is 2. The molecule has 0 amide bonds. The van der Waals surface area contributed by atoms with Gasteiger partial charge in [-0.3, -0.25) is 4.79 Å². The molecule has 0 spiro atoms. The van der Waals surface area contributed by atoms with Crippen molar-refractivity contribution in [2.75, 3.05) is 0 Å². The molecule has 3 nitrogen and oxygen atoms in total. The van der Waals surface area contributed by atoms with Crippen molar-refractivity contribution >= 4 is 5.97 Å². The van der Waals surface area contributed by atoms with E-state index in [0.717, 1.165) is 44.9 Å². The predicted octanol–water partition coefficient (Wildman–Crippen LogP) is 7.09. The van der Waals surface area contributed by atoms with Gasteiger partial charge in [-0.2, -0.15) is 0 Å². The Balaban J connectivity index is 1.61. The molecule has 0 aliphatic heterocycles. The Kier molecular flexibility index (Phi) is 5.15.